The van der Waals surface area contributed by atoms with Crippen LogP contribution in [0.5, 0.6) is 5.75 Å². The van der Waals surface area contributed by atoms with Crippen LogP contribution in [-0.4, -0.2) is 80.6 Å². The molecule has 2 saturated heterocycles. The number of hydrogen-bond acceptors (Lipinski definition) is 14. The molecule has 5 heterocycles. The average Bonchev–Trinajstić information content (AvgIpc) is 3.83. The zero-order valence-corrected chi connectivity index (χ0v) is 32.9. The molecule has 3 aromatic heterocycles. The number of aromatic nitrogens is 4. The van der Waals surface area contributed by atoms with E-state index in [-0.39, 0.29) is 18.1 Å². The number of ether oxygens (including phenoxy) is 5. The lowest BCUT2D eigenvalue weighted by Gasteiger charge is -2.29. The van der Waals surface area contributed by atoms with Gasteiger partial charge >= 0.3 is 7.82 Å². The van der Waals surface area contributed by atoms with Crippen LogP contribution in [0, 0.1) is 22.7 Å². The third kappa shape index (κ3) is 11.7. The molecule has 2 aliphatic rings. The molecule has 2 unspecified atom stereocenters. The largest absolute Gasteiger partial charge is 0.484 e. The molecule has 17 heteroatoms. The Bertz CT molecular complexity index is 1800. The standard InChI is InChI=1S/C38H54N7O9P/c1-4-5-6-7-8-9-10-11-12-13-14-15-20-48-23-30(51-29-17-16-28(21-39)42-22-29)24-49-55(46,47)50-26-38(25-40)35-34(52-37(2,3)54-35)33(53-38)31-18-19-32-36(41)43-27-44-45(31)32/h16-19,22,27,30,33-35H,4-15,20,23-24,26H2,1-3H3,(H,46,47)(H2,41,43,44)/t30-,33?,34+,35+,38-/m1/s1. The van der Waals surface area contributed by atoms with E-state index in [4.69, 9.17) is 43.7 Å². The zero-order chi connectivity index (χ0) is 39.3. The molecule has 2 aliphatic heterocycles. The molecule has 0 aromatic carbocycles. The van der Waals surface area contributed by atoms with Gasteiger partial charge in [0.2, 0.25) is 5.60 Å². The lowest BCUT2D eigenvalue weighted by atomic mass is 9.96. The van der Waals surface area contributed by atoms with Crippen LogP contribution in [0.2, 0.25) is 0 Å². The van der Waals surface area contributed by atoms with Crippen molar-refractivity contribution in [3.05, 3.63) is 48.2 Å². The number of pyridine rings is 1. The van der Waals surface area contributed by atoms with E-state index >= 15 is 0 Å². The number of nitrogens with two attached hydrogens (primary N) is 1. The minimum absolute atomic E-state index is 0.0499. The van der Waals surface area contributed by atoms with Gasteiger partial charge in [-0.2, -0.15) is 15.6 Å². The van der Waals surface area contributed by atoms with Crippen molar-refractivity contribution in [2.24, 2.45) is 0 Å². The molecule has 0 spiro atoms. The Kier molecular flexibility index (Phi) is 15.4. The number of rotatable bonds is 24. The first-order valence-electron chi connectivity index (χ1n) is 19.2. The van der Waals surface area contributed by atoms with Crippen LogP contribution in [0.15, 0.2) is 36.8 Å². The topological polar surface area (TPSA) is 219 Å². The molecule has 2 fully saturated rings. The van der Waals surface area contributed by atoms with Gasteiger partial charge in [-0.05, 0) is 44.5 Å². The fourth-order valence-corrected chi connectivity index (χ4v) is 7.65. The van der Waals surface area contributed by atoms with Gasteiger partial charge < -0.3 is 34.3 Å². The highest BCUT2D eigenvalue weighted by Crippen LogP contribution is 2.52. The molecule has 300 valence electrons. The summed E-state index contributed by atoms with van der Waals surface area (Å²) in [4.78, 5) is 18.9. The predicted molar refractivity (Wildman–Crippen MR) is 200 cm³/mol. The van der Waals surface area contributed by atoms with Crippen LogP contribution in [-0.2, 0) is 32.6 Å². The van der Waals surface area contributed by atoms with Gasteiger partial charge in [0, 0.05) is 6.61 Å². The number of phosphoric ester groups is 1. The van der Waals surface area contributed by atoms with Crippen molar-refractivity contribution in [1.82, 2.24) is 19.6 Å². The minimum Gasteiger partial charge on any atom is -0.484 e. The maximum Gasteiger partial charge on any atom is 0.472 e. The van der Waals surface area contributed by atoms with Crippen LogP contribution < -0.4 is 10.5 Å². The summed E-state index contributed by atoms with van der Waals surface area (Å²) in [5, 5.41) is 23.9. The number of hydrogen-bond donors (Lipinski definition) is 2. The summed E-state index contributed by atoms with van der Waals surface area (Å²) in [6, 6.07) is 10.6. The highest BCUT2D eigenvalue weighted by molar-refractivity contribution is 7.47. The Morgan fingerprint density at radius 3 is 2.31 bits per heavy atom. The molecule has 0 radical (unpaired) electrons. The first-order chi connectivity index (χ1) is 26.5. The van der Waals surface area contributed by atoms with E-state index in [1.165, 1.54) is 80.9 Å². The Hall–Kier alpha value is -3.70. The van der Waals surface area contributed by atoms with Crippen molar-refractivity contribution in [2.45, 2.75) is 134 Å². The van der Waals surface area contributed by atoms with Crippen LogP contribution in [0.3, 0.4) is 0 Å². The van der Waals surface area contributed by atoms with Crippen LogP contribution in [0.1, 0.15) is 115 Å². The van der Waals surface area contributed by atoms with Gasteiger partial charge in [-0.15, -0.1) is 0 Å². The highest BCUT2D eigenvalue weighted by atomic mass is 31.2. The van der Waals surface area contributed by atoms with E-state index in [9.17, 15) is 14.7 Å². The van der Waals surface area contributed by atoms with Gasteiger partial charge in [0.05, 0.1) is 25.1 Å². The van der Waals surface area contributed by atoms with Gasteiger partial charge in [-0.25, -0.2) is 19.0 Å². The van der Waals surface area contributed by atoms with E-state index in [1.807, 2.05) is 6.07 Å². The number of fused-ring (bicyclic) bond motifs is 2. The smallest absolute Gasteiger partial charge is 0.472 e. The first-order valence-corrected chi connectivity index (χ1v) is 20.7. The molecule has 0 bridgehead atoms. The summed E-state index contributed by atoms with van der Waals surface area (Å²) in [7, 11) is -4.80. The second-order valence-electron chi connectivity index (χ2n) is 14.5. The molecule has 3 aromatic rings. The van der Waals surface area contributed by atoms with Gasteiger partial charge in [0.1, 0.15) is 66.4 Å². The normalized spacial score (nSPS) is 23.2. The second kappa shape index (κ2) is 19.9. The molecule has 16 nitrogen and oxygen atoms in total. The summed E-state index contributed by atoms with van der Waals surface area (Å²) >= 11 is 0. The number of nitriles is 2. The Morgan fingerprint density at radius 2 is 1.65 bits per heavy atom. The molecule has 0 amide bonds. The lowest BCUT2D eigenvalue weighted by Crippen LogP contribution is -2.45. The molecular formula is C38H54N7O9P. The zero-order valence-electron chi connectivity index (χ0n) is 32.0. The van der Waals surface area contributed by atoms with Crippen molar-refractivity contribution in [2.75, 3.05) is 32.2 Å². The van der Waals surface area contributed by atoms with E-state index in [0.29, 0.717) is 23.6 Å². The molecule has 3 N–H and O–H groups in total. The van der Waals surface area contributed by atoms with Crippen molar-refractivity contribution in [3.63, 3.8) is 0 Å². The number of anilines is 1. The number of phosphoric acid groups is 1. The lowest BCUT2D eigenvalue weighted by molar-refractivity contribution is -0.204. The Labute approximate surface area is 322 Å². The number of nitrogen functional groups attached to an aromatic ring is 1. The highest BCUT2D eigenvalue weighted by Gasteiger charge is 2.65. The first kappa shape index (κ1) is 42.4. The summed E-state index contributed by atoms with van der Waals surface area (Å²) in [5.41, 5.74) is 5.42. The summed E-state index contributed by atoms with van der Waals surface area (Å²) in [6.07, 6.45) is 13.9. The number of nitrogens with zero attached hydrogens (tertiary/aromatic N) is 6. The molecule has 5 rings (SSSR count). The monoisotopic (exact) mass is 783 g/mol. The van der Waals surface area contributed by atoms with E-state index < -0.39 is 56.8 Å². The van der Waals surface area contributed by atoms with Gasteiger partial charge in [0.25, 0.3) is 0 Å². The SMILES string of the molecule is CCCCCCCCCCCCCCOC[C@H](COP(=O)(O)OC[C@@]1(C#N)OC(c2ccc3c(N)ncnn23)[C@@H]2OC(C)(C)O[C@@H]21)Oc1ccc(C#N)nc1. The molecule has 0 aliphatic carbocycles. The minimum atomic E-state index is -4.80. The van der Waals surface area contributed by atoms with Crippen molar-refractivity contribution < 1.29 is 42.2 Å². The quantitative estimate of drug-likeness (QED) is 0.0711. The van der Waals surface area contributed by atoms with Crippen LogP contribution >= 0.6 is 7.82 Å². The summed E-state index contributed by atoms with van der Waals surface area (Å²) < 4.78 is 56.1. The Balaban J connectivity index is 1.14. The fraction of sp³-hybridized carbons (Fsp3) is 0.658. The molecular weight excluding hydrogens is 729 g/mol. The predicted octanol–water partition coefficient (Wildman–Crippen LogP) is 6.73. The van der Waals surface area contributed by atoms with Crippen molar-refractivity contribution in [1.29, 1.82) is 10.5 Å². The fourth-order valence-electron chi connectivity index (χ4n) is 6.86. The van der Waals surface area contributed by atoms with E-state index in [1.54, 1.807) is 32.0 Å². The van der Waals surface area contributed by atoms with Gasteiger partial charge in [-0.3, -0.25) is 9.05 Å². The maximum absolute atomic E-state index is 13.3. The average molecular weight is 784 g/mol. The van der Waals surface area contributed by atoms with Crippen LogP contribution in [0.25, 0.3) is 5.52 Å². The summed E-state index contributed by atoms with van der Waals surface area (Å²) in [5.74, 6) is -0.528. The third-order valence-electron chi connectivity index (χ3n) is 9.68. The van der Waals surface area contributed by atoms with Crippen molar-refractivity contribution >= 4 is 19.2 Å². The van der Waals surface area contributed by atoms with Crippen molar-refractivity contribution in [3.8, 4) is 17.9 Å². The van der Waals surface area contributed by atoms with Gasteiger partial charge in [0.15, 0.2) is 11.6 Å². The number of unbranched alkanes of at least 4 members (excludes halogenated alkanes) is 11. The molecule has 0 saturated carbocycles. The van der Waals surface area contributed by atoms with E-state index in [2.05, 4.69) is 28.1 Å². The Morgan fingerprint density at radius 1 is 0.945 bits per heavy atom. The second-order valence-corrected chi connectivity index (χ2v) is 15.9. The van der Waals surface area contributed by atoms with Gasteiger partial charge in [-0.1, -0.05) is 77.6 Å². The van der Waals surface area contributed by atoms with Crippen LogP contribution in [0.4, 0.5) is 5.82 Å². The maximum atomic E-state index is 13.3. The third-order valence-corrected chi connectivity index (χ3v) is 10.6. The molecule has 6 atom stereocenters. The van der Waals surface area contributed by atoms with E-state index in [0.717, 1.165) is 19.3 Å². The molecule has 55 heavy (non-hydrogen) atoms. The summed E-state index contributed by atoms with van der Waals surface area (Å²) in [6.45, 7) is 5.09.